The summed E-state index contributed by atoms with van der Waals surface area (Å²) in [7, 11) is -2.73. The van der Waals surface area contributed by atoms with E-state index in [2.05, 4.69) is 5.32 Å². The Morgan fingerprint density at radius 2 is 1.56 bits per heavy atom. The predicted molar refractivity (Wildman–Crippen MR) is 153 cm³/mol. The summed E-state index contributed by atoms with van der Waals surface area (Å²) in [6, 6.07) is 20.7. The van der Waals surface area contributed by atoms with E-state index in [0.29, 0.717) is 5.75 Å². The van der Waals surface area contributed by atoms with Crippen LogP contribution in [0.4, 0.5) is 5.69 Å². The number of carbonyl (C=O) groups is 2. The standard InChI is InChI=1S/C29H34ClN3O5S/c1-21(28(35)31-29(2,3)4)32(19-22-12-8-6-9-13-22)27(34)20-33(23-16-17-26(38-5)25(30)18-23)39(36,37)24-14-10-7-11-15-24/h6-18,21H,19-20H2,1-5H3,(H,31,35)/t21-/m0/s1. The summed E-state index contributed by atoms with van der Waals surface area (Å²) >= 11 is 6.33. The van der Waals surface area contributed by atoms with Gasteiger partial charge in [-0.2, -0.15) is 0 Å². The number of benzene rings is 3. The van der Waals surface area contributed by atoms with Crippen LogP contribution in [0.1, 0.15) is 33.3 Å². The van der Waals surface area contributed by atoms with E-state index in [0.717, 1.165) is 9.87 Å². The molecule has 0 aromatic heterocycles. The Kier molecular flexibility index (Phi) is 9.63. The summed E-state index contributed by atoms with van der Waals surface area (Å²) in [5.41, 5.74) is 0.464. The number of nitrogens with one attached hydrogen (secondary N) is 1. The van der Waals surface area contributed by atoms with Gasteiger partial charge in [0.15, 0.2) is 0 Å². The molecule has 0 bridgehead atoms. The first kappa shape index (κ1) is 30.0. The van der Waals surface area contributed by atoms with E-state index >= 15 is 0 Å². The lowest BCUT2D eigenvalue weighted by Crippen LogP contribution is -2.54. The molecule has 0 saturated heterocycles. The van der Waals surface area contributed by atoms with Crippen LogP contribution < -0.4 is 14.4 Å². The van der Waals surface area contributed by atoms with Gasteiger partial charge >= 0.3 is 0 Å². The quantitative estimate of drug-likeness (QED) is 0.374. The van der Waals surface area contributed by atoms with Crippen molar-refractivity contribution >= 4 is 39.1 Å². The SMILES string of the molecule is COc1ccc(N(CC(=O)N(Cc2ccccc2)[C@@H](C)C(=O)NC(C)(C)C)S(=O)(=O)c2ccccc2)cc1Cl. The molecule has 0 fully saturated rings. The molecule has 3 aromatic rings. The van der Waals surface area contributed by atoms with E-state index in [1.807, 2.05) is 51.1 Å². The van der Waals surface area contributed by atoms with Crippen molar-refractivity contribution in [3.05, 3.63) is 89.4 Å². The third-order valence-electron chi connectivity index (χ3n) is 5.89. The van der Waals surface area contributed by atoms with Crippen LogP contribution in [-0.4, -0.2) is 50.4 Å². The van der Waals surface area contributed by atoms with Crippen LogP contribution in [-0.2, 0) is 26.2 Å². The summed E-state index contributed by atoms with van der Waals surface area (Å²) in [5.74, 6) is -0.541. The van der Waals surface area contributed by atoms with Crippen molar-refractivity contribution in [3.63, 3.8) is 0 Å². The number of rotatable bonds is 10. The number of hydrogen-bond donors (Lipinski definition) is 1. The van der Waals surface area contributed by atoms with Gasteiger partial charge in [0.05, 0.1) is 22.7 Å². The maximum atomic E-state index is 13.9. The van der Waals surface area contributed by atoms with Crippen LogP contribution in [0.5, 0.6) is 5.75 Å². The number of hydrogen-bond acceptors (Lipinski definition) is 5. The molecule has 3 rings (SSSR count). The molecule has 0 aliphatic rings. The molecular formula is C29H34ClN3O5S. The molecule has 2 amide bonds. The Bertz CT molecular complexity index is 1390. The smallest absolute Gasteiger partial charge is 0.264 e. The average molecular weight is 572 g/mol. The van der Waals surface area contributed by atoms with Crippen LogP contribution >= 0.6 is 11.6 Å². The summed E-state index contributed by atoms with van der Waals surface area (Å²) in [6.07, 6.45) is 0. The van der Waals surface area contributed by atoms with Gasteiger partial charge in [0.25, 0.3) is 10.0 Å². The Morgan fingerprint density at radius 3 is 2.10 bits per heavy atom. The second kappa shape index (κ2) is 12.5. The Balaban J connectivity index is 2.05. The molecule has 0 heterocycles. The zero-order valence-corrected chi connectivity index (χ0v) is 24.3. The van der Waals surface area contributed by atoms with Crippen molar-refractivity contribution in [1.82, 2.24) is 10.2 Å². The summed E-state index contributed by atoms with van der Waals surface area (Å²) in [6.45, 7) is 6.73. The van der Waals surface area contributed by atoms with E-state index in [-0.39, 0.29) is 28.1 Å². The lowest BCUT2D eigenvalue weighted by atomic mass is 10.1. The predicted octanol–water partition coefficient (Wildman–Crippen LogP) is 4.88. The van der Waals surface area contributed by atoms with Gasteiger partial charge in [-0.15, -0.1) is 0 Å². The largest absolute Gasteiger partial charge is 0.495 e. The average Bonchev–Trinajstić information content (AvgIpc) is 2.89. The number of amides is 2. The molecule has 3 aromatic carbocycles. The zero-order valence-electron chi connectivity index (χ0n) is 22.7. The van der Waals surface area contributed by atoms with Crippen molar-refractivity contribution < 1.29 is 22.7 Å². The van der Waals surface area contributed by atoms with E-state index in [4.69, 9.17) is 16.3 Å². The van der Waals surface area contributed by atoms with Gasteiger partial charge in [-0.3, -0.25) is 13.9 Å². The summed E-state index contributed by atoms with van der Waals surface area (Å²) in [5, 5.41) is 3.09. The molecule has 0 radical (unpaired) electrons. The molecular weight excluding hydrogens is 538 g/mol. The zero-order chi connectivity index (χ0) is 28.8. The highest BCUT2D eigenvalue weighted by atomic mass is 35.5. The van der Waals surface area contributed by atoms with Crippen molar-refractivity contribution in [2.45, 2.75) is 50.7 Å². The minimum atomic E-state index is -4.18. The first-order chi connectivity index (χ1) is 18.3. The molecule has 1 atom stereocenters. The van der Waals surface area contributed by atoms with E-state index < -0.39 is 34.1 Å². The third-order valence-corrected chi connectivity index (χ3v) is 7.98. The minimum absolute atomic E-state index is 0.0119. The fourth-order valence-corrected chi connectivity index (χ4v) is 5.57. The maximum Gasteiger partial charge on any atom is 0.264 e. The first-order valence-electron chi connectivity index (χ1n) is 12.4. The minimum Gasteiger partial charge on any atom is -0.495 e. The molecule has 1 N–H and O–H groups in total. The van der Waals surface area contributed by atoms with Gasteiger partial charge in [-0.05, 0) is 63.6 Å². The summed E-state index contributed by atoms with van der Waals surface area (Å²) < 4.78 is 33.8. The van der Waals surface area contributed by atoms with Gasteiger partial charge in [-0.25, -0.2) is 8.42 Å². The molecule has 0 unspecified atom stereocenters. The van der Waals surface area contributed by atoms with Gasteiger partial charge < -0.3 is 15.0 Å². The Hall–Kier alpha value is -3.56. The maximum absolute atomic E-state index is 13.9. The van der Waals surface area contributed by atoms with E-state index in [9.17, 15) is 18.0 Å². The monoisotopic (exact) mass is 571 g/mol. The highest BCUT2D eigenvalue weighted by molar-refractivity contribution is 7.92. The molecule has 208 valence electrons. The van der Waals surface area contributed by atoms with E-state index in [1.54, 1.807) is 25.1 Å². The second-order valence-corrected chi connectivity index (χ2v) is 12.3. The second-order valence-electron chi connectivity index (χ2n) is 10.1. The highest BCUT2D eigenvalue weighted by Crippen LogP contribution is 2.32. The van der Waals surface area contributed by atoms with Gasteiger partial charge in [0.1, 0.15) is 18.3 Å². The molecule has 8 nitrogen and oxygen atoms in total. The molecule has 39 heavy (non-hydrogen) atoms. The molecule has 0 aliphatic heterocycles. The topological polar surface area (TPSA) is 96.0 Å². The van der Waals surface area contributed by atoms with Gasteiger partial charge in [0, 0.05) is 12.1 Å². The lowest BCUT2D eigenvalue weighted by Gasteiger charge is -2.33. The van der Waals surface area contributed by atoms with Crippen molar-refractivity contribution in [1.29, 1.82) is 0 Å². The first-order valence-corrected chi connectivity index (χ1v) is 14.2. The van der Waals surface area contributed by atoms with E-state index in [1.165, 1.54) is 42.3 Å². The molecule has 0 spiro atoms. The lowest BCUT2D eigenvalue weighted by molar-refractivity contribution is -0.140. The highest BCUT2D eigenvalue weighted by Gasteiger charge is 2.33. The number of nitrogens with zero attached hydrogens (tertiary/aromatic N) is 2. The van der Waals surface area contributed by atoms with Crippen molar-refractivity contribution in [3.8, 4) is 5.75 Å². The van der Waals surface area contributed by atoms with Crippen LogP contribution in [0.15, 0.2) is 83.8 Å². The molecule has 0 aliphatic carbocycles. The number of anilines is 1. The number of carbonyl (C=O) groups excluding carboxylic acids is 2. The van der Waals surface area contributed by atoms with Crippen molar-refractivity contribution in [2.75, 3.05) is 18.0 Å². The number of sulfonamides is 1. The van der Waals surface area contributed by atoms with Crippen LogP contribution in [0.3, 0.4) is 0 Å². The summed E-state index contributed by atoms with van der Waals surface area (Å²) in [4.78, 5) is 28.4. The third kappa shape index (κ3) is 7.74. The Morgan fingerprint density at radius 1 is 0.974 bits per heavy atom. The number of halogens is 1. The van der Waals surface area contributed by atoms with Crippen LogP contribution in [0.25, 0.3) is 0 Å². The molecule has 10 heteroatoms. The Labute approximate surface area is 235 Å². The fraction of sp³-hybridized carbons (Fsp3) is 0.310. The van der Waals surface area contributed by atoms with Crippen molar-refractivity contribution in [2.24, 2.45) is 0 Å². The fourth-order valence-electron chi connectivity index (χ4n) is 3.90. The molecule has 0 saturated carbocycles. The van der Waals surface area contributed by atoms with Crippen LogP contribution in [0, 0.1) is 0 Å². The number of ether oxygens (including phenoxy) is 1. The van der Waals surface area contributed by atoms with Crippen LogP contribution in [0.2, 0.25) is 5.02 Å². The van der Waals surface area contributed by atoms with Gasteiger partial charge in [0.2, 0.25) is 11.8 Å². The normalized spacial score (nSPS) is 12.4. The van der Waals surface area contributed by atoms with Gasteiger partial charge in [-0.1, -0.05) is 60.1 Å². The number of methoxy groups -OCH3 is 1.